The number of carbonyl (C=O) groups is 2. The first-order valence-electron chi connectivity index (χ1n) is 9.36. The number of nitrogens with zero attached hydrogens (tertiary/aromatic N) is 4. The Kier molecular flexibility index (Phi) is 6.84. The van der Waals surface area contributed by atoms with Crippen LogP contribution in [0.3, 0.4) is 0 Å². The highest BCUT2D eigenvalue weighted by Gasteiger charge is 2.29. The van der Waals surface area contributed by atoms with Crippen molar-refractivity contribution in [3.8, 4) is 11.4 Å². The molecule has 29 heavy (non-hydrogen) atoms. The van der Waals surface area contributed by atoms with Crippen LogP contribution in [0.5, 0.6) is 0 Å². The molecule has 0 saturated heterocycles. The van der Waals surface area contributed by atoms with E-state index in [4.69, 9.17) is 4.74 Å². The van der Waals surface area contributed by atoms with E-state index in [-0.39, 0.29) is 18.3 Å². The number of benzene rings is 1. The van der Waals surface area contributed by atoms with E-state index in [1.165, 1.54) is 0 Å². The van der Waals surface area contributed by atoms with Gasteiger partial charge in [0.05, 0.1) is 0 Å². The van der Waals surface area contributed by atoms with Crippen molar-refractivity contribution in [3.05, 3.63) is 36.2 Å². The van der Waals surface area contributed by atoms with Crippen LogP contribution in [0.4, 0.5) is 4.79 Å². The summed E-state index contributed by atoms with van der Waals surface area (Å²) in [6.07, 6.45) is -0.632. The molecule has 1 aromatic heterocycles. The van der Waals surface area contributed by atoms with Gasteiger partial charge in [-0.2, -0.15) is 0 Å². The molecule has 2 rings (SSSR count). The predicted molar refractivity (Wildman–Crippen MR) is 108 cm³/mol. The third-order valence-corrected chi connectivity index (χ3v) is 3.50. The Morgan fingerprint density at radius 3 is 2.07 bits per heavy atom. The summed E-state index contributed by atoms with van der Waals surface area (Å²) >= 11 is 0. The van der Waals surface area contributed by atoms with Crippen LogP contribution < -0.4 is 10.6 Å². The number of rotatable bonds is 5. The van der Waals surface area contributed by atoms with Crippen LogP contribution in [0.2, 0.25) is 0 Å². The largest absolute Gasteiger partial charge is 0.444 e. The summed E-state index contributed by atoms with van der Waals surface area (Å²) in [5, 5.41) is 21.8. The number of carbonyl (C=O) groups excluding carboxylic acids is 2. The van der Waals surface area contributed by atoms with Gasteiger partial charge in [0.25, 0.3) is 0 Å². The third-order valence-electron chi connectivity index (χ3n) is 3.50. The van der Waals surface area contributed by atoms with Crippen molar-refractivity contribution >= 4 is 12.0 Å². The molecule has 0 spiro atoms. The van der Waals surface area contributed by atoms with Crippen molar-refractivity contribution in [2.24, 2.45) is 0 Å². The zero-order valence-corrected chi connectivity index (χ0v) is 17.7. The van der Waals surface area contributed by atoms with Crippen molar-refractivity contribution in [3.63, 3.8) is 0 Å². The topological polar surface area (TPSA) is 119 Å². The summed E-state index contributed by atoms with van der Waals surface area (Å²) in [7, 11) is 0. The van der Waals surface area contributed by atoms with Gasteiger partial charge in [-0.05, 0) is 41.5 Å². The molecule has 9 nitrogen and oxygen atoms in total. The van der Waals surface area contributed by atoms with Gasteiger partial charge in [-0.1, -0.05) is 30.3 Å². The van der Waals surface area contributed by atoms with Gasteiger partial charge in [0.15, 0.2) is 5.82 Å². The zero-order chi connectivity index (χ0) is 21.7. The lowest BCUT2D eigenvalue weighted by molar-refractivity contribution is -0.124. The molecule has 0 aliphatic rings. The number of aromatic nitrogens is 4. The van der Waals surface area contributed by atoms with Crippen molar-refractivity contribution in [2.45, 2.75) is 58.6 Å². The predicted octanol–water partition coefficient (Wildman–Crippen LogP) is 2.46. The van der Waals surface area contributed by atoms with Gasteiger partial charge in [0, 0.05) is 17.6 Å². The van der Waals surface area contributed by atoms with Crippen LogP contribution in [-0.4, -0.2) is 50.1 Å². The fourth-order valence-electron chi connectivity index (χ4n) is 2.34. The average molecular weight is 400 g/mol. The van der Waals surface area contributed by atoms with Crippen LogP contribution in [0.25, 0.3) is 11.4 Å². The summed E-state index contributed by atoms with van der Waals surface area (Å²) in [4.78, 5) is 24.8. The lowest BCUT2D eigenvalue weighted by Crippen LogP contribution is -2.46. The molecule has 0 bridgehead atoms. The smallest absolute Gasteiger partial charge is 0.407 e. The van der Waals surface area contributed by atoms with E-state index in [0.717, 1.165) is 5.56 Å². The summed E-state index contributed by atoms with van der Waals surface area (Å²) in [5.74, 6) is -0.747. The van der Waals surface area contributed by atoms with Gasteiger partial charge in [-0.3, -0.25) is 4.79 Å². The molecule has 1 aromatic carbocycles. The molecular formula is C20H28N6O3. The van der Waals surface area contributed by atoms with Crippen LogP contribution in [0.1, 0.15) is 53.3 Å². The summed E-state index contributed by atoms with van der Waals surface area (Å²) in [6, 6.07) is 9.28. The molecule has 1 heterocycles. The van der Waals surface area contributed by atoms with Crippen molar-refractivity contribution in [2.75, 3.05) is 6.54 Å². The third kappa shape index (κ3) is 7.44. The van der Waals surface area contributed by atoms with E-state index < -0.39 is 23.2 Å². The molecular weight excluding hydrogens is 372 g/mol. The van der Waals surface area contributed by atoms with Crippen LogP contribution in [0.15, 0.2) is 30.3 Å². The standard InChI is InChI=1S/C20H28N6O3/c1-19(2,3)22-17(27)14(12-21-18(28)29-20(4,5)6)16-25-23-15(24-26-16)13-10-8-7-9-11-13/h7-11,14H,12H2,1-6H3,(H,21,28)(H,22,27). The van der Waals surface area contributed by atoms with E-state index in [1.807, 2.05) is 51.1 Å². The Hall–Kier alpha value is -3.10. The fraction of sp³-hybridized carbons (Fsp3) is 0.500. The molecule has 9 heteroatoms. The number of alkyl carbamates (subject to hydrolysis) is 1. The molecule has 156 valence electrons. The fourth-order valence-corrected chi connectivity index (χ4v) is 2.34. The van der Waals surface area contributed by atoms with Gasteiger partial charge >= 0.3 is 6.09 Å². The first-order valence-corrected chi connectivity index (χ1v) is 9.36. The van der Waals surface area contributed by atoms with E-state index >= 15 is 0 Å². The zero-order valence-electron chi connectivity index (χ0n) is 17.7. The first kappa shape index (κ1) is 22.2. The average Bonchev–Trinajstić information content (AvgIpc) is 2.60. The van der Waals surface area contributed by atoms with Gasteiger partial charge < -0.3 is 15.4 Å². The number of hydrogen-bond acceptors (Lipinski definition) is 7. The van der Waals surface area contributed by atoms with Crippen molar-refractivity contribution in [1.82, 2.24) is 31.0 Å². The van der Waals surface area contributed by atoms with E-state index in [9.17, 15) is 9.59 Å². The molecule has 0 aliphatic carbocycles. The Bertz CT molecular complexity index is 826. The Morgan fingerprint density at radius 1 is 0.966 bits per heavy atom. The van der Waals surface area contributed by atoms with Crippen LogP contribution >= 0.6 is 0 Å². The quantitative estimate of drug-likeness (QED) is 0.791. The molecule has 1 unspecified atom stereocenters. The Labute approximate surface area is 170 Å². The second kappa shape index (κ2) is 8.93. The molecule has 0 radical (unpaired) electrons. The maximum atomic E-state index is 12.8. The maximum absolute atomic E-state index is 12.8. The second-order valence-electron chi connectivity index (χ2n) is 8.62. The van der Waals surface area contributed by atoms with E-state index in [1.54, 1.807) is 20.8 Å². The highest BCUT2D eigenvalue weighted by Crippen LogP contribution is 2.15. The monoisotopic (exact) mass is 400 g/mol. The Balaban J connectivity index is 2.20. The van der Waals surface area contributed by atoms with Crippen molar-refractivity contribution < 1.29 is 14.3 Å². The minimum absolute atomic E-state index is 0.0507. The van der Waals surface area contributed by atoms with Gasteiger partial charge in [-0.25, -0.2) is 4.79 Å². The summed E-state index contributed by atoms with van der Waals surface area (Å²) in [6.45, 7) is 10.8. The van der Waals surface area contributed by atoms with E-state index in [2.05, 4.69) is 31.0 Å². The highest BCUT2D eigenvalue weighted by molar-refractivity contribution is 5.84. The van der Waals surface area contributed by atoms with Gasteiger partial charge in [-0.15, -0.1) is 20.4 Å². The molecule has 0 fully saturated rings. The van der Waals surface area contributed by atoms with Crippen LogP contribution in [-0.2, 0) is 9.53 Å². The summed E-state index contributed by atoms with van der Waals surface area (Å²) < 4.78 is 5.23. The van der Waals surface area contributed by atoms with Crippen molar-refractivity contribution in [1.29, 1.82) is 0 Å². The lowest BCUT2D eigenvalue weighted by atomic mass is 10.0. The molecule has 1 atom stereocenters. The number of nitrogens with one attached hydrogen (secondary N) is 2. The first-order chi connectivity index (χ1) is 13.4. The van der Waals surface area contributed by atoms with Gasteiger partial charge in [0.1, 0.15) is 11.5 Å². The molecule has 2 N–H and O–H groups in total. The second-order valence-corrected chi connectivity index (χ2v) is 8.62. The van der Waals surface area contributed by atoms with Crippen LogP contribution in [0, 0.1) is 0 Å². The molecule has 2 aromatic rings. The summed E-state index contributed by atoms with van der Waals surface area (Å²) in [5.41, 5.74) is -0.349. The molecule has 0 saturated carbocycles. The highest BCUT2D eigenvalue weighted by atomic mass is 16.6. The normalized spacial score (nSPS) is 12.8. The SMILES string of the molecule is CC(C)(C)NC(=O)C(CNC(=O)OC(C)(C)C)c1nnc(-c2ccccc2)nn1. The Morgan fingerprint density at radius 2 is 1.55 bits per heavy atom. The maximum Gasteiger partial charge on any atom is 0.407 e. The van der Waals surface area contributed by atoms with E-state index in [0.29, 0.717) is 5.82 Å². The number of ether oxygens (including phenoxy) is 1. The molecule has 2 amide bonds. The van der Waals surface area contributed by atoms with Gasteiger partial charge in [0.2, 0.25) is 11.7 Å². The number of amides is 2. The number of hydrogen-bond donors (Lipinski definition) is 2. The molecule has 0 aliphatic heterocycles. The minimum atomic E-state index is -0.869. The minimum Gasteiger partial charge on any atom is -0.444 e. The lowest BCUT2D eigenvalue weighted by Gasteiger charge is -2.25.